The van der Waals surface area contributed by atoms with Crippen LogP contribution in [0.3, 0.4) is 0 Å². The van der Waals surface area contributed by atoms with Crippen molar-refractivity contribution in [3.63, 3.8) is 0 Å². The number of nitrogens with zero attached hydrogens (tertiary/aromatic N) is 4. The first kappa shape index (κ1) is 24.4. The summed E-state index contributed by atoms with van der Waals surface area (Å²) in [6.45, 7) is 0.204. The van der Waals surface area contributed by atoms with Crippen LogP contribution in [-0.2, 0) is 30.6 Å². The van der Waals surface area contributed by atoms with E-state index >= 15 is 0 Å². The molecule has 4 heterocycles. The third-order valence-electron chi connectivity index (χ3n) is 5.29. The molecular weight excluding hydrogens is 502 g/mol. The number of rotatable bonds is 9. The van der Waals surface area contributed by atoms with E-state index in [9.17, 15) is 24.3 Å². The van der Waals surface area contributed by atoms with Crippen LogP contribution < -0.4 is 15.0 Å². The number of hydrogen-bond donors (Lipinski definition) is 1. The average molecular weight is 520 g/mol. The number of ketones is 1. The Hall–Kier alpha value is -3.71. The van der Waals surface area contributed by atoms with Gasteiger partial charge in [0.2, 0.25) is 11.5 Å². The van der Waals surface area contributed by atoms with Gasteiger partial charge in [-0.1, -0.05) is 5.16 Å². The van der Waals surface area contributed by atoms with Crippen LogP contribution in [0, 0.1) is 0 Å². The number of thioether (sulfide) groups is 1. The Morgan fingerprint density at radius 1 is 1.40 bits per heavy atom. The molecule has 14 heteroatoms. The van der Waals surface area contributed by atoms with Crippen molar-refractivity contribution >= 4 is 52.6 Å². The van der Waals surface area contributed by atoms with Gasteiger partial charge >= 0.3 is 0 Å². The third-order valence-corrected chi connectivity index (χ3v) is 6.87. The van der Waals surface area contributed by atoms with Gasteiger partial charge in [0.15, 0.2) is 31.1 Å². The molecule has 0 unspecified atom stereocenters. The normalized spacial score (nSPS) is 19.7. The largest absolute Gasteiger partial charge is 0.543 e. The number of nitrogens with one attached hydrogen (secondary N) is 1. The van der Waals surface area contributed by atoms with Gasteiger partial charge in [-0.3, -0.25) is 19.3 Å². The molecule has 0 spiro atoms. The first-order valence-electron chi connectivity index (χ1n) is 10.1. The quantitative estimate of drug-likeness (QED) is 0.108. The van der Waals surface area contributed by atoms with E-state index < -0.39 is 46.6 Å². The molecule has 2 aliphatic heterocycles. The van der Waals surface area contributed by atoms with E-state index in [0.717, 1.165) is 17.6 Å². The number of oxazole rings is 1. The van der Waals surface area contributed by atoms with Gasteiger partial charge in [-0.05, 0) is 0 Å². The fraction of sp³-hybridized carbons (Fsp3) is 0.286. The van der Waals surface area contributed by atoms with Crippen LogP contribution in [0.2, 0.25) is 0 Å². The van der Waals surface area contributed by atoms with Crippen LogP contribution >= 0.6 is 23.4 Å². The number of fused-ring (bicyclic) bond motifs is 1. The monoisotopic (exact) mass is 519 g/mol. The summed E-state index contributed by atoms with van der Waals surface area (Å²) in [6, 6.07) is 2.53. The topological polar surface area (TPSA) is 158 Å². The molecule has 0 saturated carbocycles. The summed E-state index contributed by atoms with van der Waals surface area (Å²) in [7, 11) is 1.15. The van der Waals surface area contributed by atoms with Gasteiger partial charge in [0, 0.05) is 29.0 Å². The van der Waals surface area contributed by atoms with E-state index in [0.29, 0.717) is 11.3 Å². The van der Waals surface area contributed by atoms with Gasteiger partial charge in [-0.15, -0.1) is 23.4 Å². The van der Waals surface area contributed by atoms with Crippen LogP contribution in [0.25, 0.3) is 11.3 Å². The van der Waals surface area contributed by atoms with Crippen LogP contribution in [0.4, 0.5) is 0 Å². The number of aromatic nitrogens is 2. The Morgan fingerprint density at radius 2 is 2.14 bits per heavy atom. The highest BCUT2D eigenvalue weighted by Gasteiger charge is 2.53. The first-order chi connectivity index (χ1) is 16.8. The number of oxime groups is 1. The lowest BCUT2D eigenvalue weighted by Crippen LogP contribution is -2.72. The van der Waals surface area contributed by atoms with Crippen molar-refractivity contribution in [2.75, 3.05) is 18.7 Å². The molecule has 0 bridgehead atoms. The standard InChI is InChI=1S/C21H18ClN5O7S/c1-33-25-15(13(28)6-22)18(29)24-16-19(30)27-17(21(31)32)12(9-35-20(16)27)8-26-4-2-11(3-5-26)14-7-23-10-34-14/h2-5,7,10,16,20H,6,8-9H2,1H3,(H-,24,29,31,32)/t16-,20-/m1/s1. The fourth-order valence-corrected chi connectivity index (χ4v) is 5.14. The van der Waals surface area contributed by atoms with Gasteiger partial charge in [-0.2, -0.15) is 0 Å². The number of hydrogen-bond acceptors (Lipinski definition) is 10. The Labute approximate surface area is 207 Å². The van der Waals surface area contributed by atoms with E-state index in [4.69, 9.17) is 16.0 Å². The predicted octanol–water partition coefficient (Wildman–Crippen LogP) is -1.16. The van der Waals surface area contributed by atoms with Gasteiger partial charge in [0.05, 0.1) is 23.7 Å². The maximum Gasteiger partial charge on any atom is 0.277 e. The molecule has 4 rings (SSSR count). The fourth-order valence-electron chi connectivity index (χ4n) is 3.68. The van der Waals surface area contributed by atoms with Gasteiger partial charge < -0.3 is 24.5 Å². The number of β-lactam (4-membered cyclic amide) rings is 1. The average Bonchev–Trinajstić information content (AvgIpc) is 3.40. The summed E-state index contributed by atoms with van der Waals surface area (Å²) < 4.78 is 7.01. The highest BCUT2D eigenvalue weighted by atomic mass is 35.5. The van der Waals surface area contributed by atoms with Crippen LogP contribution in [0.15, 0.2) is 58.0 Å². The zero-order chi connectivity index (χ0) is 25.1. The highest BCUT2D eigenvalue weighted by molar-refractivity contribution is 8.00. The summed E-state index contributed by atoms with van der Waals surface area (Å²) >= 11 is 6.77. The number of amides is 2. The number of carboxylic acids is 1. The number of Topliss-reactive ketones (excluding diaryl/α,β-unsaturated/α-hetero) is 1. The maximum absolute atomic E-state index is 12.8. The molecule has 2 aromatic heterocycles. The van der Waals surface area contributed by atoms with Gasteiger partial charge in [0.25, 0.3) is 11.8 Å². The predicted molar refractivity (Wildman–Crippen MR) is 119 cm³/mol. The lowest BCUT2D eigenvalue weighted by atomic mass is 10.0. The molecule has 0 aliphatic carbocycles. The SMILES string of the molecule is CON=C(C(=O)CCl)C(=O)N[C@@H]1C(=O)N2C(C(=O)[O-])=C(C[n+]3ccc(-c4cnco4)cc3)CS[C@H]12. The number of carbonyl (C=O) groups excluding carboxylic acids is 4. The third kappa shape index (κ3) is 4.77. The number of alkyl halides is 1. The van der Waals surface area contributed by atoms with Gasteiger partial charge in [-0.25, -0.2) is 9.55 Å². The molecule has 2 aromatic rings. The minimum Gasteiger partial charge on any atom is -0.543 e. The molecule has 0 aromatic carbocycles. The van der Waals surface area contributed by atoms with Crippen molar-refractivity contribution in [1.29, 1.82) is 0 Å². The second kappa shape index (κ2) is 10.3. The second-order valence-electron chi connectivity index (χ2n) is 7.40. The van der Waals surface area contributed by atoms with E-state index in [2.05, 4.69) is 20.3 Å². The van der Waals surface area contributed by atoms with Crippen LogP contribution in [0.1, 0.15) is 0 Å². The number of halogens is 1. The number of aliphatic carboxylic acids is 1. The Morgan fingerprint density at radius 3 is 2.74 bits per heavy atom. The first-order valence-corrected chi connectivity index (χ1v) is 11.7. The molecule has 0 radical (unpaired) electrons. The summed E-state index contributed by atoms with van der Waals surface area (Å²) in [5.74, 6) is -3.50. The summed E-state index contributed by atoms with van der Waals surface area (Å²) in [4.78, 5) is 58.5. The van der Waals surface area contributed by atoms with E-state index in [1.54, 1.807) is 35.3 Å². The van der Waals surface area contributed by atoms with E-state index in [1.165, 1.54) is 18.2 Å². The number of carbonyl (C=O) groups is 4. The Kier molecular flexibility index (Phi) is 7.17. The molecule has 2 amide bonds. The molecule has 1 fully saturated rings. The molecule has 2 atom stereocenters. The smallest absolute Gasteiger partial charge is 0.277 e. The Bertz CT molecular complexity index is 1230. The minimum atomic E-state index is -1.50. The van der Waals surface area contributed by atoms with Crippen molar-refractivity contribution in [2.24, 2.45) is 5.16 Å². The molecule has 182 valence electrons. The molecule has 1 N–H and O–H groups in total. The highest BCUT2D eigenvalue weighted by Crippen LogP contribution is 2.40. The second-order valence-corrected chi connectivity index (χ2v) is 8.78. The summed E-state index contributed by atoms with van der Waals surface area (Å²) in [6.07, 6.45) is 6.40. The molecular formula is C21H18ClN5O7S. The van der Waals surface area contributed by atoms with Crippen LogP contribution in [0.5, 0.6) is 0 Å². The van der Waals surface area contributed by atoms with E-state index in [1.807, 2.05) is 0 Å². The van der Waals surface area contributed by atoms with Crippen molar-refractivity contribution in [1.82, 2.24) is 15.2 Å². The van der Waals surface area contributed by atoms with Crippen molar-refractivity contribution in [3.05, 3.63) is 48.4 Å². The lowest BCUT2D eigenvalue weighted by Gasteiger charge is -2.50. The van der Waals surface area contributed by atoms with Gasteiger partial charge in [0.1, 0.15) is 18.5 Å². The molecule has 1 saturated heterocycles. The maximum atomic E-state index is 12.8. The lowest BCUT2D eigenvalue weighted by molar-refractivity contribution is -0.689. The summed E-state index contributed by atoms with van der Waals surface area (Å²) in [5.41, 5.74) is 0.446. The minimum absolute atomic E-state index is 0.204. The summed E-state index contributed by atoms with van der Waals surface area (Å²) in [5, 5.41) is 17.1. The zero-order valence-electron chi connectivity index (χ0n) is 18.2. The zero-order valence-corrected chi connectivity index (χ0v) is 19.7. The van der Waals surface area contributed by atoms with E-state index in [-0.39, 0.29) is 18.0 Å². The number of pyridine rings is 1. The van der Waals surface area contributed by atoms with Crippen molar-refractivity contribution < 1.29 is 38.1 Å². The van der Waals surface area contributed by atoms with Crippen molar-refractivity contribution in [2.45, 2.75) is 18.0 Å². The Balaban J connectivity index is 1.50. The number of carboxylic acid groups (broad SMARTS) is 1. The van der Waals surface area contributed by atoms with Crippen LogP contribution in [-0.4, -0.2) is 69.3 Å². The molecule has 2 aliphatic rings. The van der Waals surface area contributed by atoms with Crippen molar-refractivity contribution in [3.8, 4) is 11.3 Å². The molecule has 35 heavy (non-hydrogen) atoms. The molecule has 12 nitrogen and oxygen atoms in total.